The summed E-state index contributed by atoms with van der Waals surface area (Å²) in [7, 11) is 0. The summed E-state index contributed by atoms with van der Waals surface area (Å²) in [5.74, 6) is -0.687. The second-order valence-corrected chi connectivity index (χ2v) is 4.66. The Morgan fingerprint density at radius 1 is 1.50 bits per heavy atom. The second-order valence-electron chi connectivity index (χ2n) is 4.66. The van der Waals surface area contributed by atoms with Crippen LogP contribution in [0.15, 0.2) is 18.2 Å². The molecule has 18 heavy (non-hydrogen) atoms. The molecule has 0 radical (unpaired) electrons. The van der Waals surface area contributed by atoms with Gasteiger partial charge in [0.2, 0.25) is 5.91 Å². The van der Waals surface area contributed by atoms with Crippen LogP contribution in [0.5, 0.6) is 0 Å². The third kappa shape index (κ3) is 2.61. The number of carbonyl (C=O) groups excluding carboxylic acids is 1. The molecule has 0 aliphatic carbocycles. The molecular weight excluding hydrogens is 233 g/mol. The van der Waals surface area contributed by atoms with Crippen molar-refractivity contribution >= 4 is 11.6 Å². The Morgan fingerprint density at radius 2 is 2.28 bits per heavy atom. The number of anilines is 1. The Bertz CT molecular complexity index is 450. The Hall–Kier alpha value is -1.62. The highest BCUT2D eigenvalue weighted by Gasteiger charge is 2.25. The molecule has 0 spiro atoms. The zero-order valence-electron chi connectivity index (χ0n) is 10.2. The van der Waals surface area contributed by atoms with E-state index in [0.29, 0.717) is 6.54 Å². The zero-order valence-corrected chi connectivity index (χ0v) is 10.2. The molecule has 98 valence electrons. The third-order valence-corrected chi connectivity index (χ3v) is 3.43. The van der Waals surface area contributed by atoms with Crippen molar-refractivity contribution in [2.45, 2.75) is 19.4 Å². The van der Waals surface area contributed by atoms with Crippen LogP contribution in [0.1, 0.15) is 18.4 Å². The molecule has 1 atom stereocenters. The van der Waals surface area contributed by atoms with Crippen LogP contribution < -0.4 is 16.4 Å². The molecule has 1 heterocycles. The van der Waals surface area contributed by atoms with Gasteiger partial charge in [-0.2, -0.15) is 0 Å². The highest BCUT2D eigenvalue weighted by molar-refractivity contribution is 5.77. The standard InChI is InChI=1S/C13H18FN3O/c14-11-3-4-12(10(6-11)7-15)17-5-1-2-9(8-17)13(16)18/h3-4,6,9H,1-2,5,7-8,15H2,(H2,16,18). The molecule has 1 aromatic rings. The van der Waals surface area contributed by atoms with E-state index in [1.807, 2.05) is 0 Å². The van der Waals surface area contributed by atoms with Crippen LogP contribution in [-0.4, -0.2) is 19.0 Å². The third-order valence-electron chi connectivity index (χ3n) is 3.43. The molecule has 1 aromatic carbocycles. The molecule has 0 aromatic heterocycles. The maximum atomic E-state index is 13.2. The van der Waals surface area contributed by atoms with Crippen LogP contribution in [0.3, 0.4) is 0 Å². The lowest BCUT2D eigenvalue weighted by molar-refractivity contribution is -0.122. The lowest BCUT2D eigenvalue weighted by Crippen LogP contribution is -2.41. The monoisotopic (exact) mass is 251 g/mol. The quantitative estimate of drug-likeness (QED) is 0.841. The Labute approximate surface area is 106 Å². The van der Waals surface area contributed by atoms with Crippen molar-refractivity contribution in [1.29, 1.82) is 0 Å². The zero-order chi connectivity index (χ0) is 13.1. The fourth-order valence-corrected chi connectivity index (χ4v) is 2.45. The number of carbonyl (C=O) groups is 1. The topological polar surface area (TPSA) is 72.3 Å². The van der Waals surface area contributed by atoms with E-state index in [-0.39, 0.29) is 24.2 Å². The van der Waals surface area contributed by atoms with E-state index in [9.17, 15) is 9.18 Å². The van der Waals surface area contributed by atoms with Gasteiger partial charge < -0.3 is 16.4 Å². The molecule has 1 amide bonds. The molecule has 4 N–H and O–H groups in total. The summed E-state index contributed by atoms with van der Waals surface area (Å²) in [6.45, 7) is 1.72. The average Bonchev–Trinajstić information content (AvgIpc) is 2.38. The first-order chi connectivity index (χ1) is 8.61. The fraction of sp³-hybridized carbons (Fsp3) is 0.462. The Kier molecular flexibility index (Phi) is 3.81. The van der Waals surface area contributed by atoms with Gasteiger partial charge in [-0.25, -0.2) is 4.39 Å². The molecule has 1 aliphatic heterocycles. The summed E-state index contributed by atoms with van der Waals surface area (Å²) in [4.78, 5) is 13.3. The van der Waals surface area contributed by atoms with Crippen LogP contribution in [0.4, 0.5) is 10.1 Å². The lowest BCUT2D eigenvalue weighted by atomic mass is 9.96. The van der Waals surface area contributed by atoms with Gasteiger partial charge in [0.25, 0.3) is 0 Å². The van der Waals surface area contributed by atoms with Crippen LogP contribution in [0.2, 0.25) is 0 Å². The number of benzene rings is 1. The molecule has 4 nitrogen and oxygen atoms in total. The van der Waals surface area contributed by atoms with Gasteiger partial charge in [-0.3, -0.25) is 4.79 Å². The number of piperidine rings is 1. The maximum Gasteiger partial charge on any atom is 0.222 e. The van der Waals surface area contributed by atoms with E-state index in [4.69, 9.17) is 11.5 Å². The summed E-state index contributed by atoms with van der Waals surface area (Å²) in [5.41, 5.74) is 12.7. The number of nitrogens with zero attached hydrogens (tertiary/aromatic N) is 1. The van der Waals surface area contributed by atoms with Gasteiger partial charge in [-0.1, -0.05) is 0 Å². The molecule has 1 saturated heterocycles. The van der Waals surface area contributed by atoms with E-state index >= 15 is 0 Å². The first-order valence-corrected chi connectivity index (χ1v) is 6.14. The van der Waals surface area contributed by atoms with Gasteiger partial charge in [0, 0.05) is 25.3 Å². The van der Waals surface area contributed by atoms with Crippen LogP contribution in [0.25, 0.3) is 0 Å². The Balaban J connectivity index is 2.22. The van der Waals surface area contributed by atoms with Gasteiger partial charge in [-0.05, 0) is 36.6 Å². The highest BCUT2D eigenvalue weighted by atomic mass is 19.1. The smallest absolute Gasteiger partial charge is 0.222 e. The van der Waals surface area contributed by atoms with Gasteiger partial charge in [-0.15, -0.1) is 0 Å². The molecule has 5 heteroatoms. The van der Waals surface area contributed by atoms with Gasteiger partial charge in [0.15, 0.2) is 0 Å². The van der Waals surface area contributed by atoms with Crippen LogP contribution in [0, 0.1) is 11.7 Å². The SMILES string of the molecule is NCc1cc(F)ccc1N1CCCC(C(N)=O)C1. The number of primary amides is 1. The fourth-order valence-electron chi connectivity index (χ4n) is 2.45. The number of nitrogens with two attached hydrogens (primary N) is 2. The van der Waals surface area contributed by atoms with Gasteiger partial charge in [0.05, 0.1) is 5.92 Å². The first-order valence-electron chi connectivity index (χ1n) is 6.14. The van der Waals surface area contributed by atoms with Crippen LogP contribution in [-0.2, 0) is 11.3 Å². The van der Waals surface area contributed by atoms with E-state index in [0.717, 1.165) is 30.6 Å². The van der Waals surface area contributed by atoms with Crippen molar-refractivity contribution < 1.29 is 9.18 Å². The van der Waals surface area contributed by atoms with Gasteiger partial charge >= 0.3 is 0 Å². The molecule has 1 fully saturated rings. The van der Waals surface area contributed by atoms with E-state index in [1.54, 1.807) is 6.07 Å². The van der Waals surface area contributed by atoms with Crippen LogP contribution >= 0.6 is 0 Å². The summed E-state index contributed by atoms with van der Waals surface area (Å²) in [5, 5.41) is 0. The van der Waals surface area contributed by atoms with Crippen molar-refractivity contribution in [2.24, 2.45) is 17.4 Å². The second kappa shape index (κ2) is 5.35. The molecule has 0 bridgehead atoms. The van der Waals surface area contributed by atoms with Gasteiger partial charge in [0.1, 0.15) is 5.82 Å². The van der Waals surface area contributed by atoms with Crippen molar-refractivity contribution in [1.82, 2.24) is 0 Å². The average molecular weight is 251 g/mol. The summed E-state index contributed by atoms with van der Waals surface area (Å²) in [6.07, 6.45) is 1.74. The first kappa shape index (κ1) is 12.8. The Morgan fingerprint density at radius 3 is 2.94 bits per heavy atom. The highest BCUT2D eigenvalue weighted by Crippen LogP contribution is 2.26. The van der Waals surface area contributed by atoms with E-state index in [1.165, 1.54) is 12.1 Å². The molecule has 1 aliphatic rings. The van der Waals surface area contributed by atoms with E-state index in [2.05, 4.69) is 4.90 Å². The number of hydrogen-bond acceptors (Lipinski definition) is 3. The minimum Gasteiger partial charge on any atom is -0.370 e. The number of amides is 1. The predicted molar refractivity (Wildman–Crippen MR) is 68.4 cm³/mol. The summed E-state index contributed by atoms with van der Waals surface area (Å²) >= 11 is 0. The van der Waals surface area contributed by atoms with Crippen molar-refractivity contribution in [2.75, 3.05) is 18.0 Å². The number of halogens is 1. The molecule has 2 rings (SSSR count). The van der Waals surface area contributed by atoms with Crippen molar-refractivity contribution in [3.63, 3.8) is 0 Å². The maximum absolute atomic E-state index is 13.2. The number of rotatable bonds is 3. The number of hydrogen-bond donors (Lipinski definition) is 2. The summed E-state index contributed by atoms with van der Waals surface area (Å²) < 4.78 is 13.2. The normalized spacial score (nSPS) is 19.9. The summed E-state index contributed by atoms with van der Waals surface area (Å²) in [6, 6.07) is 4.59. The predicted octanol–water partition coefficient (Wildman–Crippen LogP) is 0.986. The van der Waals surface area contributed by atoms with Crippen molar-refractivity contribution in [3.8, 4) is 0 Å². The lowest BCUT2D eigenvalue weighted by Gasteiger charge is -2.34. The largest absolute Gasteiger partial charge is 0.370 e. The minimum atomic E-state index is -0.289. The minimum absolute atomic E-state index is 0.130. The molecular formula is C13H18FN3O. The molecule has 0 saturated carbocycles. The van der Waals surface area contributed by atoms with Crippen molar-refractivity contribution in [3.05, 3.63) is 29.6 Å². The molecule has 1 unspecified atom stereocenters. The van der Waals surface area contributed by atoms with E-state index < -0.39 is 0 Å².